The van der Waals surface area contributed by atoms with Gasteiger partial charge < -0.3 is 4.90 Å². The third-order valence-electron chi connectivity index (χ3n) is 3.23. The predicted molar refractivity (Wildman–Crippen MR) is 75.4 cm³/mol. The first-order valence-corrected chi connectivity index (χ1v) is 8.46. The molecule has 0 aromatic rings. The van der Waals surface area contributed by atoms with Gasteiger partial charge in [0.05, 0.1) is 24.6 Å². The number of hydrogen-bond acceptors (Lipinski definition) is 4. The molecule has 0 aliphatic carbocycles. The number of unbranched alkanes of at least 4 members (excludes halogenated alkanes) is 1. The van der Waals surface area contributed by atoms with Gasteiger partial charge in [0.25, 0.3) is 0 Å². The quantitative estimate of drug-likeness (QED) is 0.529. The number of terminal acetylenes is 1. The first-order chi connectivity index (χ1) is 9.00. The molecule has 1 fully saturated rings. The summed E-state index contributed by atoms with van der Waals surface area (Å²) in [6.45, 7) is 3.18. The summed E-state index contributed by atoms with van der Waals surface area (Å²) in [6.07, 6.45) is 7.52. The van der Waals surface area contributed by atoms with Gasteiger partial charge in [-0.25, -0.2) is 8.42 Å². The lowest BCUT2D eigenvalue weighted by Crippen LogP contribution is -2.45. The van der Waals surface area contributed by atoms with Gasteiger partial charge in [-0.3, -0.25) is 10.1 Å². The Hall–Kier alpha value is -1.06. The first-order valence-electron chi connectivity index (χ1n) is 6.64. The molecule has 6 heteroatoms. The van der Waals surface area contributed by atoms with Crippen LogP contribution in [0.5, 0.6) is 0 Å². The van der Waals surface area contributed by atoms with Crippen molar-refractivity contribution in [3.63, 3.8) is 0 Å². The molecule has 1 aliphatic rings. The summed E-state index contributed by atoms with van der Waals surface area (Å²) in [6, 6.07) is -0.170. The van der Waals surface area contributed by atoms with Crippen molar-refractivity contribution in [2.75, 3.05) is 31.1 Å². The molecule has 19 heavy (non-hydrogen) atoms. The summed E-state index contributed by atoms with van der Waals surface area (Å²) in [5.74, 6) is 2.63. The topological polar surface area (TPSA) is 66.5 Å². The van der Waals surface area contributed by atoms with E-state index in [0.29, 0.717) is 19.5 Å². The fourth-order valence-electron chi connectivity index (χ4n) is 2.20. The molecule has 0 aromatic carbocycles. The Balaban J connectivity index is 2.61. The molecular formula is C13H22N2O3S. The van der Waals surface area contributed by atoms with Gasteiger partial charge in [0.1, 0.15) is 0 Å². The normalized spacial score (nSPS) is 20.9. The highest BCUT2D eigenvalue weighted by Crippen LogP contribution is 2.18. The Labute approximate surface area is 115 Å². The van der Waals surface area contributed by atoms with Crippen molar-refractivity contribution in [1.29, 1.82) is 0 Å². The van der Waals surface area contributed by atoms with Gasteiger partial charge in [-0.05, 0) is 12.8 Å². The summed E-state index contributed by atoms with van der Waals surface area (Å²) in [5, 5.41) is 2.86. The van der Waals surface area contributed by atoms with Crippen molar-refractivity contribution < 1.29 is 13.2 Å². The zero-order valence-electron chi connectivity index (χ0n) is 11.4. The Kier molecular flexibility index (Phi) is 6.32. The summed E-state index contributed by atoms with van der Waals surface area (Å²) >= 11 is 0. The van der Waals surface area contributed by atoms with Crippen LogP contribution in [0, 0.1) is 12.3 Å². The third-order valence-corrected chi connectivity index (χ3v) is 4.98. The van der Waals surface area contributed by atoms with E-state index in [1.807, 2.05) is 6.92 Å². The SMILES string of the molecule is C#CCNCC(=O)N(CCCC)C1CCS(=O)(=O)C1. The molecule has 0 radical (unpaired) electrons. The second-order valence-electron chi connectivity index (χ2n) is 4.81. The van der Waals surface area contributed by atoms with Crippen molar-refractivity contribution in [1.82, 2.24) is 10.2 Å². The number of carbonyl (C=O) groups is 1. The van der Waals surface area contributed by atoms with Gasteiger partial charge >= 0.3 is 0 Å². The molecule has 1 heterocycles. The van der Waals surface area contributed by atoms with E-state index in [9.17, 15) is 13.2 Å². The van der Waals surface area contributed by atoms with E-state index in [-0.39, 0.29) is 30.0 Å². The molecule has 1 aliphatic heterocycles. The van der Waals surface area contributed by atoms with E-state index in [2.05, 4.69) is 11.2 Å². The highest BCUT2D eigenvalue weighted by atomic mass is 32.2. The Morgan fingerprint density at radius 2 is 2.26 bits per heavy atom. The van der Waals surface area contributed by atoms with Gasteiger partial charge in [-0.15, -0.1) is 6.42 Å². The van der Waals surface area contributed by atoms with Crippen LogP contribution in [-0.4, -0.2) is 56.4 Å². The van der Waals surface area contributed by atoms with Crippen molar-refractivity contribution in [2.45, 2.75) is 32.2 Å². The average Bonchev–Trinajstić information content (AvgIpc) is 2.70. The lowest BCUT2D eigenvalue weighted by atomic mass is 10.2. The minimum Gasteiger partial charge on any atom is -0.338 e. The monoisotopic (exact) mass is 286 g/mol. The van der Waals surface area contributed by atoms with E-state index in [1.54, 1.807) is 4.90 Å². The van der Waals surface area contributed by atoms with Crippen LogP contribution < -0.4 is 5.32 Å². The zero-order chi connectivity index (χ0) is 14.3. The van der Waals surface area contributed by atoms with Crippen molar-refractivity contribution in [3.05, 3.63) is 0 Å². The molecule has 0 spiro atoms. The molecule has 1 amide bonds. The lowest BCUT2D eigenvalue weighted by Gasteiger charge is -2.28. The number of sulfone groups is 1. The standard InChI is InChI=1S/C13H22N2O3S/c1-3-5-8-15(13(16)10-14-7-4-2)12-6-9-19(17,18)11-12/h2,12,14H,3,5-11H2,1H3. The molecule has 1 rings (SSSR count). The number of rotatable bonds is 7. The molecule has 1 saturated heterocycles. The summed E-state index contributed by atoms with van der Waals surface area (Å²) in [7, 11) is -2.97. The minimum absolute atomic E-state index is 0.0641. The number of nitrogens with one attached hydrogen (secondary N) is 1. The summed E-state index contributed by atoms with van der Waals surface area (Å²) in [4.78, 5) is 13.8. The minimum atomic E-state index is -2.97. The Morgan fingerprint density at radius 3 is 2.79 bits per heavy atom. The van der Waals surface area contributed by atoms with E-state index in [1.165, 1.54) is 0 Å². The van der Waals surface area contributed by atoms with Crippen molar-refractivity contribution in [3.8, 4) is 12.3 Å². The number of amides is 1. The molecule has 0 saturated carbocycles. The molecular weight excluding hydrogens is 264 g/mol. The fourth-order valence-corrected chi connectivity index (χ4v) is 3.93. The fraction of sp³-hybridized carbons (Fsp3) is 0.769. The number of nitrogens with zero attached hydrogens (tertiary/aromatic N) is 1. The van der Waals surface area contributed by atoms with Crippen LogP contribution in [0.25, 0.3) is 0 Å². The molecule has 1 N–H and O–H groups in total. The predicted octanol–water partition coefficient (Wildman–Crippen LogP) is 0.0250. The van der Waals surface area contributed by atoms with Crippen LogP contribution in [0.15, 0.2) is 0 Å². The van der Waals surface area contributed by atoms with Gasteiger partial charge in [-0.2, -0.15) is 0 Å². The van der Waals surface area contributed by atoms with E-state index < -0.39 is 9.84 Å². The van der Waals surface area contributed by atoms with E-state index in [0.717, 1.165) is 12.8 Å². The van der Waals surface area contributed by atoms with Crippen LogP contribution in [0.1, 0.15) is 26.2 Å². The van der Waals surface area contributed by atoms with Gasteiger partial charge in [-0.1, -0.05) is 19.3 Å². The number of hydrogen-bond donors (Lipinski definition) is 1. The van der Waals surface area contributed by atoms with E-state index in [4.69, 9.17) is 6.42 Å². The second-order valence-corrected chi connectivity index (χ2v) is 7.03. The first kappa shape index (κ1) is 16.0. The summed E-state index contributed by atoms with van der Waals surface area (Å²) < 4.78 is 23.0. The maximum Gasteiger partial charge on any atom is 0.236 e. The van der Waals surface area contributed by atoms with Crippen LogP contribution in [0.2, 0.25) is 0 Å². The smallest absolute Gasteiger partial charge is 0.236 e. The maximum atomic E-state index is 12.1. The molecule has 1 atom stereocenters. The molecule has 5 nitrogen and oxygen atoms in total. The van der Waals surface area contributed by atoms with Gasteiger partial charge in [0, 0.05) is 12.6 Å². The largest absolute Gasteiger partial charge is 0.338 e. The Morgan fingerprint density at radius 1 is 1.53 bits per heavy atom. The van der Waals surface area contributed by atoms with Crippen molar-refractivity contribution >= 4 is 15.7 Å². The van der Waals surface area contributed by atoms with Gasteiger partial charge in [0.15, 0.2) is 9.84 Å². The summed E-state index contributed by atoms with van der Waals surface area (Å²) in [5.41, 5.74) is 0. The second kappa shape index (κ2) is 7.51. The van der Waals surface area contributed by atoms with Crippen LogP contribution in [-0.2, 0) is 14.6 Å². The van der Waals surface area contributed by atoms with Crippen LogP contribution in [0.4, 0.5) is 0 Å². The third kappa shape index (κ3) is 5.21. The van der Waals surface area contributed by atoms with E-state index >= 15 is 0 Å². The van der Waals surface area contributed by atoms with Crippen molar-refractivity contribution in [2.24, 2.45) is 0 Å². The van der Waals surface area contributed by atoms with Crippen LogP contribution >= 0.6 is 0 Å². The molecule has 108 valence electrons. The highest BCUT2D eigenvalue weighted by molar-refractivity contribution is 7.91. The molecule has 0 bridgehead atoms. The highest BCUT2D eigenvalue weighted by Gasteiger charge is 2.33. The molecule has 0 aromatic heterocycles. The maximum absolute atomic E-state index is 12.1. The molecule has 1 unspecified atom stereocenters. The van der Waals surface area contributed by atoms with Crippen LogP contribution in [0.3, 0.4) is 0 Å². The zero-order valence-corrected chi connectivity index (χ0v) is 12.2. The average molecular weight is 286 g/mol. The number of carbonyl (C=O) groups excluding carboxylic acids is 1. The Bertz CT molecular complexity index is 439. The van der Waals surface area contributed by atoms with Gasteiger partial charge in [0.2, 0.25) is 5.91 Å². The lowest BCUT2D eigenvalue weighted by molar-refractivity contribution is -0.132.